The van der Waals surface area contributed by atoms with Crippen molar-refractivity contribution in [2.45, 2.75) is 29.8 Å². The van der Waals surface area contributed by atoms with Crippen molar-refractivity contribution in [2.24, 2.45) is 0 Å². The molecule has 1 atom stereocenters. The Balaban J connectivity index is 1.42. The van der Waals surface area contributed by atoms with Crippen molar-refractivity contribution in [3.63, 3.8) is 0 Å². The molecule has 0 spiro atoms. The average Bonchev–Trinajstić information content (AvgIpc) is 3.41. The van der Waals surface area contributed by atoms with Crippen LogP contribution in [0.1, 0.15) is 17.5 Å². The van der Waals surface area contributed by atoms with Crippen molar-refractivity contribution in [3.05, 3.63) is 70.1 Å². The Morgan fingerprint density at radius 1 is 1.22 bits per heavy atom. The predicted molar refractivity (Wildman–Crippen MR) is 140 cm³/mol. The molecule has 9 nitrogen and oxygen atoms in total. The maximum Gasteiger partial charge on any atom is 0.272 e. The zero-order valence-corrected chi connectivity index (χ0v) is 21.7. The molecule has 3 N–H and O–H groups in total. The number of sulfonamides is 1. The molecule has 1 aliphatic heterocycles. The van der Waals surface area contributed by atoms with Gasteiger partial charge in [-0.1, -0.05) is 41.9 Å². The number of benzene rings is 2. The number of hydrogen-bond acceptors (Lipinski definition) is 7. The van der Waals surface area contributed by atoms with Crippen molar-refractivity contribution in [3.8, 4) is 5.75 Å². The fourth-order valence-electron chi connectivity index (χ4n) is 4.01. The zero-order chi connectivity index (χ0) is 25.3. The first kappa shape index (κ1) is 24.6. The van der Waals surface area contributed by atoms with Gasteiger partial charge in [0.15, 0.2) is 5.82 Å². The van der Waals surface area contributed by atoms with E-state index in [0.29, 0.717) is 34.1 Å². The molecule has 5 rings (SSSR count). The lowest BCUT2D eigenvalue weighted by atomic mass is 10.1. The summed E-state index contributed by atoms with van der Waals surface area (Å²) >= 11 is 6.91. The fraction of sp³-hybridized carbons (Fsp3) is 0.250. The SMILES string of the molecule is COc1cccc2c1c(NS(=O)(=O)c1ccc(Cl)s1)nn2Cc1cccc(CNC(=O)[C@H]2CCN2)c1. The lowest BCUT2D eigenvalue weighted by Gasteiger charge is -2.26. The number of carbonyl (C=O) groups is 1. The number of amides is 1. The highest BCUT2D eigenvalue weighted by molar-refractivity contribution is 7.94. The standard InChI is InChI=1S/C24H24ClN5O4S2/c1-34-19-7-3-6-18-22(19)23(29-36(32,33)21-9-8-20(25)35-21)28-30(18)14-16-5-2-4-15(12-16)13-27-24(31)17-10-11-26-17/h2-9,12,17,26H,10-11,13-14H2,1H3,(H,27,31)(H,28,29)/t17-/m1/s1. The maximum atomic E-state index is 13.0. The van der Waals surface area contributed by atoms with Crippen LogP contribution in [0.3, 0.4) is 0 Å². The van der Waals surface area contributed by atoms with Crippen molar-refractivity contribution in [2.75, 3.05) is 18.4 Å². The first-order chi connectivity index (χ1) is 17.3. The minimum Gasteiger partial charge on any atom is -0.496 e. The second-order valence-corrected chi connectivity index (χ2v) is 12.0. The Labute approximate surface area is 217 Å². The minimum atomic E-state index is -3.89. The van der Waals surface area contributed by atoms with Gasteiger partial charge in [-0.2, -0.15) is 5.10 Å². The number of halogens is 1. The van der Waals surface area contributed by atoms with E-state index in [0.717, 1.165) is 35.4 Å². The van der Waals surface area contributed by atoms with Gasteiger partial charge in [0.2, 0.25) is 5.91 Å². The molecular formula is C24H24ClN5O4S2. The second-order valence-electron chi connectivity index (χ2n) is 8.36. The van der Waals surface area contributed by atoms with Gasteiger partial charge in [-0.3, -0.25) is 14.2 Å². The number of methoxy groups -OCH3 is 1. The lowest BCUT2D eigenvalue weighted by molar-refractivity contribution is -0.124. The summed E-state index contributed by atoms with van der Waals surface area (Å²) in [5.41, 5.74) is 2.63. The molecule has 36 heavy (non-hydrogen) atoms. The van der Waals surface area contributed by atoms with Crippen LogP contribution in [0.5, 0.6) is 5.75 Å². The first-order valence-electron chi connectivity index (χ1n) is 11.2. The van der Waals surface area contributed by atoms with Gasteiger partial charge in [0.1, 0.15) is 9.96 Å². The lowest BCUT2D eigenvalue weighted by Crippen LogP contribution is -2.52. The fourth-order valence-corrected chi connectivity index (χ4v) is 6.51. The number of aromatic nitrogens is 2. The quantitative estimate of drug-likeness (QED) is 0.296. The molecule has 0 unspecified atom stereocenters. The van der Waals surface area contributed by atoms with Crippen LogP contribution in [0.2, 0.25) is 4.34 Å². The van der Waals surface area contributed by atoms with E-state index >= 15 is 0 Å². The Hall–Kier alpha value is -3.12. The summed E-state index contributed by atoms with van der Waals surface area (Å²) < 4.78 is 36.3. The predicted octanol–water partition coefficient (Wildman–Crippen LogP) is 3.59. The second kappa shape index (κ2) is 10.1. The van der Waals surface area contributed by atoms with E-state index in [2.05, 4.69) is 20.5 Å². The Morgan fingerprint density at radius 3 is 2.69 bits per heavy atom. The minimum absolute atomic E-state index is 0.000715. The first-order valence-corrected chi connectivity index (χ1v) is 13.9. The van der Waals surface area contributed by atoms with Crippen LogP contribution in [-0.4, -0.2) is 43.8 Å². The van der Waals surface area contributed by atoms with Crippen molar-refractivity contribution >= 4 is 55.6 Å². The molecule has 1 aliphatic rings. The van der Waals surface area contributed by atoms with E-state index in [-0.39, 0.29) is 22.0 Å². The molecule has 1 fully saturated rings. The van der Waals surface area contributed by atoms with Gasteiger partial charge in [-0.15, -0.1) is 11.3 Å². The normalized spacial score (nSPS) is 15.4. The molecule has 0 radical (unpaired) electrons. The molecule has 3 heterocycles. The molecule has 4 aromatic rings. The number of fused-ring (bicyclic) bond motifs is 1. The number of carbonyl (C=O) groups excluding carboxylic acids is 1. The maximum absolute atomic E-state index is 13.0. The van der Waals surface area contributed by atoms with Crippen LogP contribution < -0.4 is 20.1 Å². The highest BCUT2D eigenvalue weighted by Gasteiger charge is 2.24. The number of hydrogen-bond donors (Lipinski definition) is 3. The van der Waals surface area contributed by atoms with Crippen molar-refractivity contribution < 1.29 is 17.9 Å². The number of nitrogens with one attached hydrogen (secondary N) is 3. The van der Waals surface area contributed by atoms with Crippen molar-refractivity contribution in [1.29, 1.82) is 0 Å². The van der Waals surface area contributed by atoms with Crippen molar-refractivity contribution in [1.82, 2.24) is 20.4 Å². The summed E-state index contributed by atoms with van der Waals surface area (Å²) in [5, 5.41) is 11.2. The molecule has 2 aromatic carbocycles. The summed E-state index contributed by atoms with van der Waals surface area (Å²) in [4.78, 5) is 12.1. The van der Waals surface area contributed by atoms with E-state index in [4.69, 9.17) is 16.3 Å². The molecule has 0 saturated carbocycles. The van der Waals surface area contributed by atoms with Crippen LogP contribution in [0.4, 0.5) is 5.82 Å². The average molecular weight is 546 g/mol. The highest BCUT2D eigenvalue weighted by Crippen LogP contribution is 2.35. The number of ether oxygens (including phenoxy) is 1. The molecule has 188 valence electrons. The number of rotatable bonds is 9. The smallest absolute Gasteiger partial charge is 0.272 e. The third-order valence-electron chi connectivity index (χ3n) is 5.93. The van der Waals surface area contributed by atoms with Crippen LogP contribution >= 0.6 is 22.9 Å². The molecule has 12 heteroatoms. The van der Waals surface area contributed by atoms with E-state index in [9.17, 15) is 13.2 Å². The van der Waals surface area contributed by atoms with Gasteiger partial charge in [-0.05, 0) is 48.4 Å². The monoisotopic (exact) mass is 545 g/mol. The van der Waals surface area contributed by atoms with Crippen LogP contribution in [0, 0.1) is 0 Å². The molecule has 1 amide bonds. The van der Waals surface area contributed by atoms with Crippen LogP contribution in [0.15, 0.2) is 58.8 Å². The Kier molecular flexibility index (Phi) is 6.89. The summed E-state index contributed by atoms with van der Waals surface area (Å²) in [7, 11) is -2.36. The van der Waals surface area contributed by atoms with Gasteiger partial charge in [0, 0.05) is 6.54 Å². The number of anilines is 1. The molecule has 0 aliphatic carbocycles. The van der Waals surface area contributed by atoms with Gasteiger partial charge in [0.05, 0.1) is 34.9 Å². The molecule has 2 aromatic heterocycles. The molecule has 1 saturated heterocycles. The summed E-state index contributed by atoms with van der Waals surface area (Å²) in [5.74, 6) is 0.672. The summed E-state index contributed by atoms with van der Waals surface area (Å²) in [6.07, 6.45) is 0.854. The highest BCUT2D eigenvalue weighted by atomic mass is 35.5. The van der Waals surface area contributed by atoms with Gasteiger partial charge >= 0.3 is 0 Å². The molecular weight excluding hydrogens is 522 g/mol. The van der Waals surface area contributed by atoms with Gasteiger partial charge in [0.25, 0.3) is 10.0 Å². The third-order valence-corrected chi connectivity index (χ3v) is 9.00. The zero-order valence-electron chi connectivity index (χ0n) is 19.3. The van der Waals surface area contributed by atoms with Gasteiger partial charge in [-0.25, -0.2) is 8.42 Å². The summed E-state index contributed by atoms with van der Waals surface area (Å²) in [6.45, 7) is 1.69. The summed E-state index contributed by atoms with van der Waals surface area (Å²) in [6, 6.07) is 16.2. The Morgan fingerprint density at radius 2 is 2.00 bits per heavy atom. The van der Waals surface area contributed by atoms with E-state index in [1.807, 2.05) is 36.4 Å². The van der Waals surface area contributed by atoms with E-state index in [1.165, 1.54) is 19.2 Å². The largest absolute Gasteiger partial charge is 0.496 e. The molecule has 0 bridgehead atoms. The van der Waals surface area contributed by atoms with Gasteiger partial charge < -0.3 is 15.4 Å². The van der Waals surface area contributed by atoms with Crippen LogP contribution in [-0.2, 0) is 27.9 Å². The number of nitrogens with zero attached hydrogens (tertiary/aromatic N) is 2. The van der Waals surface area contributed by atoms with Crippen LogP contribution in [0.25, 0.3) is 10.9 Å². The van der Waals surface area contributed by atoms with E-state index in [1.54, 1.807) is 10.7 Å². The Bertz CT molecular complexity index is 1530. The number of thiophene rings is 1. The third kappa shape index (κ3) is 5.05. The van der Waals surface area contributed by atoms with E-state index < -0.39 is 10.0 Å². The topological polar surface area (TPSA) is 114 Å².